The van der Waals surface area contributed by atoms with E-state index in [1.165, 1.54) is 15.4 Å². The zero-order chi connectivity index (χ0) is 19.9. The number of ether oxygens (including phenoxy) is 1. The van der Waals surface area contributed by atoms with Crippen LogP contribution in [0.25, 0.3) is 0 Å². The number of fused-ring (bicyclic) bond motifs is 2. The summed E-state index contributed by atoms with van der Waals surface area (Å²) in [5.41, 5.74) is 3.52. The first kappa shape index (κ1) is 19.1. The highest BCUT2D eigenvalue weighted by molar-refractivity contribution is 7.92. The van der Waals surface area contributed by atoms with E-state index in [2.05, 4.69) is 0 Å². The number of benzene rings is 1. The molecule has 1 aromatic carbocycles. The zero-order valence-electron chi connectivity index (χ0n) is 15.6. The second-order valence-electron chi connectivity index (χ2n) is 7.19. The molecule has 1 aliphatic heterocycles. The van der Waals surface area contributed by atoms with E-state index in [4.69, 9.17) is 4.74 Å². The molecule has 1 aliphatic carbocycles. The Balaban J connectivity index is 1.44. The molecule has 0 unspecified atom stereocenters. The molecule has 2 heterocycles. The number of sulfonamides is 1. The fourth-order valence-electron chi connectivity index (χ4n) is 3.85. The lowest BCUT2D eigenvalue weighted by Crippen LogP contribution is -2.27. The topological polar surface area (TPSA) is 80.8 Å². The number of ketones is 1. The quantitative estimate of drug-likeness (QED) is 0.550. The molecule has 0 radical (unpaired) electrons. The Kier molecular flexibility index (Phi) is 5.01. The fraction of sp³-hybridized carbons (Fsp3) is 0.400. The molecule has 0 N–H and O–H groups in total. The van der Waals surface area contributed by atoms with Gasteiger partial charge >= 0.3 is 5.97 Å². The van der Waals surface area contributed by atoms with Crippen LogP contribution in [0.15, 0.2) is 23.6 Å². The predicted molar refractivity (Wildman–Crippen MR) is 108 cm³/mol. The van der Waals surface area contributed by atoms with Gasteiger partial charge in [0.25, 0.3) is 0 Å². The predicted octanol–water partition coefficient (Wildman–Crippen LogP) is 2.99. The largest absolute Gasteiger partial charge is 0.454 e. The summed E-state index contributed by atoms with van der Waals surface area (Å²) in [6.07, 6.45) is 5.84. The van der Waals surface area contributed by atoms with E-state index in [0.29, 0.717) is 29.8 Å². The van der Waals surface area contributed by atoms with Gasteiger partial charge in [-0.3, -0.25) is 9.10 Å². The maximum absolute atomic E-state index is 12.5. The van der Waals surface area contributed by atoms with Gasteiger partial charge in [-0.25, -0.2) is 13.2 Å². The first-order valence-corrected chi connectivity index (χ1v) is 12.0. The van der Waals surface area contributed by atoms with Crippen LogP contribution < -0.4 is 4.31 Å². The van der Waals surface area contributed by atoms with Gasteiger partial charge < -0.3 is 4.74 Å². The first-order chi connectivity index (χ1) is 13.3. The lowest BCUT2D eigenvalue weighted by atomic mass is 9.96. The number of rotatable bonds is 5. The average molecular weight is 420 g/mol. The molecule has 2 aliphatic rings. The van der Waals surface area contributed by atoms with Crippen molar-refractivity contribution in [3.05, 3.63) is 50.7 Å². The van der Waals surface area contributed by atoms with E-state index in [9.17, 15) is 18.0 Å². The van der Waals surface area contributed by atoms with Crippen molar-refractivity contribution >= 4 is 38.8 Å². The Labute approximate surface area is 168 Å². The highest BCUT2D eigenvalue weighted by atomic mass is 32.2. The van der Waals surface area contributed by atoms with Gasteiger partial charge in [0.05, 0.1) is 17.5 Å². The van der Waals surface area contributed by atoms with Crippen LogP contribution in [0.3, 0.4) is 0 Å². The van der Waals surface area contributed by atoms with Gasteiger partial charge in [0, 0.05) is 22.4 Å². The molecule has 0 spiro atoms. The summed E-state index contributed by atoms with van der Waals surface area (Å²) in [7, 11) is -3.32. The van der Waals surface area contributed by atoms with Gasteiger partial charge in [0.1, 0.15) is 0 Å². The molecule has 0 atom stereocenters. The smallest absolute Gasteiger partial charge is 0.339 e. The molecule has 4 rings (SSSR count). The number of aryl methyl sites for hydroxylation is 1. The van der Waals surface area contributed by atoms with Crippen LogP contribution in [0, 0.1) is 0 Å². The van der Waals surface area contributed by atoms with Crippen molar-refractivity contribution in [2.24, 2.45) is 0 Å². The van der Waals surface area contributed by atoms with Crippen molar-refractivity contribution in [1.82, 2.24) is 0 Å². The summed E-state index contributed by atoms with van der Waals surface area (Å²) in [6.45, 7) is 0.0576. The van der Waals surface area contributed by atoms with Gasteiger partial charge in [0.15, 0.2) is 12.4 Å². The number of nitrogens with zero attached hydrogens (tertiary/aromatic N) is 1. The number of carbonyl (C=O) groups is 2. The lowest BCUT2D eigenvalue weighted by Gasteiger charge is -2.16. The summed E-state index contributed by atoms with van der Waals surface area (Å²) in [4.78, 5) is 26.1. The summed E-state index contributed by atoms with van der Waals surface area (Å²) in [6, 6.07) is 4.93. The minimum absolute atomic E-state index is 0.293. The minimum Gasteiger partial charge on any atom is -0.454 e. The Morgan fingerprint density at radius 3 is 2.75 bits per heavy atom. The Morgan fingerprint density at radius 1 is 1.18 bits per heavy atom. The standard InChI is InChI=1S/C20H21NO5S2/c1-28(24,25)21-9-8-13-10-14(6-7-17(13)21)18(22)11-26-20(23)16-12-27-19-5-3-2-4-15(16)19/h6-7,10,12H,2-5,8-9,11H2,1H3. The normalized spacial score (nSPS) is 15.8. The fourth-order valence-corrected chi connectivity index (χ4v) is 5.92. The molecule has 0 amide bonds. The monoisotopic (exact) mass is 419 g/mol. The number of anilines is 1. The number of thiophene rings is 1. The third-order valence-electron chi connectivity index (χ3n) is 5.27. The summed E-state index contributed by atoms with van der Waals surface area (Å²) in [5, 5.41) is 1.83. The van der Waals surface area contributed by atoms with E-state index in [1.807, 2.05) is 5.38 Å². The third kappa shape index (κ3) is 3.58. The first-order valence-electron chi connectivity index (χ1n) is 9.25. The summed E-state index contributed by atoms with van der Waals surface area (Å²) >= 11 is 1.59. The van der Waals surface area contributed by atoms with E-state index in [0.717, 1.165) is 36.8 Å². The van der Waals surface area contributed by atoms with E-state index >= 15 is 0 Å². The van der Waals surface area contributed by atoms with Crippen LogP contribution in [0.5, 0.6) is 0 Å². The zero-order valence-corrected chi connectivity index (χ0v) is 17.2. The molecular weight excluding hydrogens is 398 g/mol. The van der Waals surface area contributed by atoms with E-state index < -0.39 is 16.0 Å². The van der Waals surface area contributed by atoms with Crippen molar-refractivity contribution in [2.75, 3.05) is 23.7 Å². The molecule has 2 aromatic rings. The number of esters is 1. The Morgan fingerprint density at radius 2 is 1.96 bits per heavy atom. The van der Waals surface area contributed by atoms with Crippen LogP contribution in [0.4, 0.5) is 5.69 Å². The second kappa shape index (κ2) is 7.33. The van der Waals surface area contributed by atoms with Crippen LogP contribution >= 0.6 is 11.3 Å². The van der Waals surface area contributed by atoms with Gasteiger partial charge in [-0.15, -0.1) is 11.3 Å². The van der Waals surface area contributed by atoms with Crippen LogP contribution in [-0.2, 0) is 34.0 Å². The highest BCUT2D eigenvalue weighted by Crippen LogP contribution is 2.32. The van der Waals surface area contributed by atoms with E-state index in [1.54, 1.807) is 29.5 Å². The van der Waals surface area contributed by atoms with E-state index in [-0.39, 0.29) is 12.4 Å². The second-order valence-corrected chi connectivity index (χ2v) is 10.1. The van der Waals surface area contributed by atoms with Crippen LogP contribution in [0.2, 0.25) is 0 Å². The number of Topliss-reactive ketones (excluding diaryl/α,β-unsaturated/α-hetero) is 1. The maximum atomic E-state index is 12.5. The molecule has 0 saturated heterocycles. The lowest BCUT2D eigenvalue weighted by molar-refractivity contribution is 0.0474. The molecule has 8 heteroatoms. The number of carbonyl (C=O) groups excluding carboxylic acids is 2. The van der Waals surface area contributed by atoms with Crippen molar-refractivity contribution in [1.29, 1.82) is 0 Å². The molecule has 0 saturated carbocycles. The Bertz CT molecular complexity index is 1050. The van der Waals surface area contributed by atoms with Gasteiger partial charge in [-0.2, -0.15) is 0 Å². The highest BCUT2D eigenvalue weighted by Gasteiger charge is 2.27. The van der Waals surface area contributed by atoms with Crippen molar-refractivity contribution in [3.63, 3.8) is 0 Å². The van der Waals surface area contributed by atoms with Crippen molar-refractivity contribution in [3.8, 4) is 0 Å². The molecule has 148 valence electrons. The van der Waals surface area contributed by atoms with Gasteiger partial charge in [-0.05, 0) is 61.4 Å². The molecule has 6 nitrogen and oxygen atoms in total. The SMILES string of the molecule is CS(=O)(=O)N1CCc2cc(C(=O)COC(=O)c3csc4c3CCCC4)ccc21. The average Bonchev–Trinajstić information content (AvgIpc) is 3.29. The molecule has 1 aromatic heterocycles. The molecule has 28 heavy (non-hydrogen) atoms. The van der Waals surface area contributed by atoms with Crippen LogP contribution in [-0.4, -0.2) is 39.6 Å². The molecule has 0 fully saturated rings. The Hall–Kier alpha value is -2.19. The van der Waals surface area contributed by atoms with Crippen molar-refractivity contribution in [2.45, 2.75) is 32.1 Å². The van der Waals surface area contributed by atoms with Gasteiger partial charge in [0.2, 0.25) is 10.0 Å². The van der Waals surface area contributed by atoms with Crippen LogP contribution in [0.1, 0.15) is 49.6 Å². The molecule has 0 bridgehead atoms. The summed E-state index contributed by atoms with van der Waals surface area (Å²) < 4.78 is 30.2. The third-order valence-corrected chi connectivity index (χ3v) is 7.54. The minimum atomic E-state index is -3.32. The maximum Gasteiger partial charge on any atom is 0.339 e. The van der Waals surface area contributed by atoms with Crippen molar-refractivity contribution < 1.29 is 22.7 Å². The molecular formula is C20H21NO5S2. The number of hydrogen-bond acceptors (Lipinski definition) is 6. The number of hydrogen-bond donors (Lipinski definition) is 0. The van der Waals surface area contributed by atoms with Gasteiger partial charge in [-0.1, -0.05) is 0 Å². The summed E-state index contributed by atoms with van der Waals surface area (Å²) in [5.74, 6) is -0.741.